The van der Waals surface area contributed by atoms with Crippen molar-refractivity contribution in [2.45, 2.75) is 0 Å². The van der Waals surface area contributed by atoms with E-state index >= 15 is 0 Å². The van der Waals surface area contributed by atoms with Crippen molar-refractivity contribution in [3.05, 3.63) is 35.0 Å². The van der Waals surface area contributed by atoms with Crippen molar-refractivity contribution in [2.24, 2.45) is 0 Å². The van der Waals surface area contributed by atoms with Gasteiger partial charge in [-0.25, -0.2) is 4.79 Å². The van der Waals surface area contributed by atoms with Gasteiger partial charge in [-0.3, -0.25) is 4.98 Å². The molecule has 1 aromatic heterocycles. The summed E-state index contributed by atoms with van der Waals surface area (Å²) in [6.45, 7) is 0. The zero-order chi connectivity index (χ0) is 8.69. The number of aromatic nitrogens is 1. The maximum Gasteiger partial charge on any atom is 0.337 e. The largest absolute Gasteiger partial charge is 0.478 e. The number of nitrogens with one attached hydrogen (secondary N) is 1. The molecule has 0 aliphatic carbocycles. The molecule has 1 heterocycles. The third kappa shape index (κ3) is 4.35. The van der Waals surface area contributed by atoms with E-state index < -0.39 is 5.97 Å². The third-order valence-corrected chi connectivity index (χ3v) is 0.908. The molecule has 0 saturated heterocycles. The van der Waals surface area contributed by atoms with Gasteiger partial charge in [0.2, 0.25) is 0 Å². The molecule has 5 nitrogen and oxygen atoms in total. The predicted molar refractivity (Wildman–Crippen MR) is 44.5 cm³/mol. The molecule has 0 amide bonds. The SMILES string of the molecule is Cl.N=O.O=C(O)c1cccnc1. The number of nitrogens with zero attached hydrogens (tertiary/aromatic N) is 1. The predicted octanol–water partition coefficient (Wildman–Crippen LogP) is 1.53. The molecule has 0 aliphatic heterocycles. The van der Waals surface area contributed by atoms with Gasteiger partial charge in [-0.15, -0.1) is 12.4 Å². The number of carboxylic acids is 1. The molecule has 66 valence electrons. The van der Waals surface area contributed by atoms with E-state index in [2.05, 4.69) is 10.6 Å². The quantitative estimate of drug-likeness (QED) is 0.657. The van der Waals surface area contributed by atoms with E-state index in [1.54, 1.807) is 6.07 Å². The summed E-state index contributed by atoms with van der Waals surface area (Å²) in [5.74, 6) is -0.942. The van der Waals surface area contributed by atoms with Crippen LogP contribution in [0.2, 0.25) is 0 Å². The van der Waals surface area contributed by atoms with Gasteiger partial charge in [-0.2, -0.15) is 4.91 Å². The van der Waals surface area contributed by atoms with Crippen molar-refractivity contribution in [3.63, 3.8) is 0 Å². The molecule has 0 aromatic carbocycles. The summed E-state index contributed by atoms with van der Waals surface area (Å²) in [4.78, 5) is 21.3. The summed E-state index contributed by atoms with van der Waals surface area (Å²) < 4.78 is 0. The molecule has 0 aliphatic rings. The Morgan fingerprint density at radius 1 is 1.50 bits per heavy atom. The Morgan fingerprint density at radius 3 is 2.33 bits per heavy atom. The fourth-order valence-electron chi connectivity index (χ4n) is 0.489. The van der Waals surface area contributed by atoms with Crippen molar-refractivity contribution >= 4 is 18.4 Å². The van der Waals surface area contributed by atoms with E-state index in [1.807, 2.05) is 0 Å². The summed E-state index contributed by atoms with van der Waals surface area (Å²) in [6.07, 6.45) is 2.84. The molecule has 0 saturated carbocycles. The highest BCUT2D eigenvalue weighted by Gasteiger charge is 1.97. The van der Waals surface area contributed by atoms with Gasteiger partial charge in [-0.1, -0.05) is 5.59 Å². The van der Waals surface area contributed by atoms with Crippen molar-refractivity contribution in [1.82, 2.24) is 4.98 Å². The first-order valence-corrected chi connectivity index (χ1v) is 2.64. The lowest BCUT2D eigenvalue weighted by molar-refractivity contribution is 0.0696. The van der Waals surface area contributed by atoms with Crippen LogP contribution in [0.25, 0.3) is 0 Å². The van der Waals surface area contributed by atoms with Crippen LogP contribution >= 0.6 is 12.4 Å². The third-order valence-electron chi connectivity index (χ3n) is 0.908. The first-order valence-electron chi connectivity index (χ1n) is 2.64. The maximum atomic E-state index is 10.2. The second kappa shape index (κ2) is 7.62. The molecule has 0 radical (unpaired) electrons. The molecular formula is C6H7ClN2O3. The standard InChI is InChI=1S/C6H5NO2.ClH.HNO/c8-6(9)5-2-1-3-7-4-5;;1-2/h1-4H,(H,8,9);1H;1H. The fraction of sp³-hybridized carbons (Fsp3) is 0. The Labute approximate surface area is 74.6 Å². The minimum Gasteiger partial charge on any atom is -0.478 e. The van der Waals surface area contributed by atoms with E-state index in [0.29, 0.717) is 0 Å². The van der Waals surface area contributed by atoms with Crippen LogP contribution in [0.3, 0.4) is 0 Å². The van der Waals surface area contributed by atoms with Crippen LogP contribution in [-0.2, 0) is 0 Å². The van der Waals surface area contributed by atoms with Crippen LogP contribution in [0, 0.1) is 10.5 Å². The molecule has 0 bridgehead atoms. The van der Waals surface area contributed by atoms with Crippen molar-refractivity contribution < 1.29 is 9.90 Å². The van der Waals surface area contributed by atoms with Gasteiger partial charge in [0.25, 0.3) is 0 Å². The highest BCUT2D eigenvalue weighted by molar-refractivity contribution is 5.86. The van der Waals surface area contributed by atoms with E-state index in [4.69, 9.17) is 10.0 Å². The fourth-order valence-corrected chi connectivity index (χ4v) is 0.489. The van der Waals surface area contributed by atoms with E-state index in [0.717, 1.165) is 0 Å². The number of nitroso groups, excluding NO2 is 1. The lowest BCUT2D eigenvalue weighted by Crippen LogP contribution is -1.94. The topological polar surface area (TPSA) is 91.1 Å². The first kappa shape index (κ1) is 13.1. The minimum absolute atomic E-state index is 0. The van der Waals surface area contributed by atoms with E-state index in [9.17, 15) is 4.79 Å². The number of pyridine rings is 1. The van der Waals surface area contributed by atoms with Crippen molar-refractivity contribution in [1.29, 1.82) is 5.59 Å². The number of rotatable bonds is 1. The molecule has 12 heavy (non-hydrogen) atoms. The number of carboxylic acid groups (broad SMARTS) is 1. The van der Waals surface area contributed by atoms with Crippen LogP contribution < -0.4 is 0 Å². The Kier molecular flexibility index (Phi) is 8.33. The van der Waals surface area contributed by atoms with Crippen LogP contribution in [-0.4, -0.2) is 16.1 Å². The summed E-state index contributed by atoms with van der Waals surface area (Å²) >= 11 is 0. The van der Waals surface area contributed by atoms with Gasteiger partial charge in [0, 0.05) is 12.4 Å². The summed E-state index contributed by atoms with van der Waals surface area (Å²) in [5.41, 5.74) is 4.72. The Bertz CT molecular complexity index is 229. The van der Waals surface area contributed by atoms with Gasteiger partial charge >= 0.3 is 5.97 Å². The summed E-state index contributed by atoms with van der Waals surface area (Å²) in [6, 6.07) is 3.08. The second-order valence-corrected chi connectivity index (χ2v) is 1.55. The van der Waals surface area contributed by atoms with Gasteiger partial charge in [0.05, 0.1) is 5.56 Å². The Hall–Kier alpha value is -1.49. The normalized spacial score (nSPS) is 7.00. The molecule has 0 unspecified atom stereocenters. The average molecular weight is 191 g/mol. The highest BCUT2D eigenvalue weighted by atomic mass is 35.5. The van der Waals surface area contributed by atoms with Crippen LogP contribution in [0.1, 0.15) is 10.4 Å². The van der Waals surface area contributed by atoms with Gasteiger partial charge in [0.1, 0.15) is 0 Å². The molecule has 0 spiro atoms. The Morgan fingerprint density at radius 2 is 2.08 bits per heavy atom. The number of carbonyl (C=O) groups is 1. The number of hydrogen-bond acceptors (Lipinski definition) is 4. The van der Waals surface area contributed by atoms with Crippen molar-refractivity contribution in [2.75, 3.05) is 0 Å². The molecule has 2 N–H and O–H groups in total. The maximum absolute atomic E-state index is 10.2. The van der Waals surface area contributed by atoms with Crippen molar-refractivity contribution in [3.8, 4) is 0 Å². The monoisotopic (exact) mass is 190 g/mol. The molecule has 1 rings (SSSR count). The first-order chi connectivity index (χ1) is 5.30. The van der Waals surface area contributed by atoms with Crippen LogP contribution in [0.15, 0.2) is 24.5 Å². The van der Waals surface area contributed by atoms with Crippen LogP contribution in [0.5, 0.6) is 0 Å². The zero-order valence-corrected chi connectivity index (χ0v) is 6.75. The van der Waals surface area contributed by atoms with E-state index in [-0.39, 0.29) is 18.0 Å². The Balaban J connectivity index is 0. The van der Waals surface area contributed by atoms with E-state index in [1.165, 1.54) is 18.5 Å². The molecule has 0 fully saturated rings. The molecular weight excluding hydrogens is 184 g/mol. The van der Waals surface area contributed by atoms with Crippen LogP contribution in [0.4, 0.5) is 0 Å². The summed E-state index contributed by atoms with van der Waals surface area (Å²) in [5, 5.41) is 8.34. The minimum atomic E-state index is -0.942. The molecule has 6 heteroatoms. The number of hydrogen-bond donors (Lipinski definition) is 2. The summed E-state index contributed by atoms with van der Waals surface area (Å²) in [7, 11) is 0. The second-order valence-electron chi connectivity index (χ2n) is 1.55. The highest BCUT2D eigenvalue weighted by Crippen LogP contribution is 1.92. The lowest BCUT2D eigenvalue weighted by atomic mass is 10.3. The smallest absolute Gasteiger partial charge is 0.337 e. The zero-order valence-electron chi connectivity index (χ0n) is 5.93. The van der Waals surface area contributed by atoms with Gasteiger partial charge < -0.3 is 5.11 Å². The number of halogens is 1. The lowest BCUT2D eigenvalue weighted by Gasteiger charge is -1.87. The average Bonchev–Trinajstić information content (AvgIpc) is 2.10. The van der Waals surface area contributed by atoms with Gasteiger partial charge in [-0.05, 0) is 12.1 Å². The molecule has 0 atom stereocenters. The van der Waals surface area contributed by atoms with Gasteiger partial charge in [0.15, 0.2) is 0 Å². The number of aromatic carboxylic acids is 1. The molecule has 1 aromatic rings.